The van der Waals surface area contributed by atoms with E-state index >= 15 is 0 Å². The molecule has 4 rings (SSSR count). The van der Waals surface area contributed by atoms with E-state index in [0.29, 0.717) is 19.5 Å². The van der Waals surface area contributed by atoms with Crippen LogP contribution in [0.4, 0.5) is 4.79 Å². The molecule has 1 N–H and O–H groups in total. The Morgan fingerprint density at radius 1 is 1.06 bits per heavy atom. The molecule has 1 aliphatic heterocycles. The Hall–Kier alpha value is -2.38. The quantitative estimate of drug-likeness (QED) is 0.577. The van der Waals surface area contributed by atoms with Gasteiger partial charge in [0, 0.05) is 17.6 Å². The lowest BCUT2D eigenvalue weighted by atomic mass is 9.76. The number of hydrogen-bond acceptors (Lipinski definition) is 4. The van der Waals surface area contributed by atoms with Gasteiger partial charge in [-0.3, -0.25) is 0 Å². The molecule has 0 bridgehead atoms. The zero-order valence-corrected chi connectivity index (χ0v) is 19.6. The maximum Gasteiger partial charge on any atom is 0.410 e. The van der Waals surface area contributed by atoms with Crippen molar-refractivity contribution in [3.8, 4) is 0 Å². The Morgan fingerprint density at radius 3 is 2.62 bits per heavy atom. The molecule has 2 atom stereocenters. The minimum absolute atomic E-state index is 0.106. The van der Waals surface area contributed by atoms with E-state index in [1.54, 1.807) is 4.90 Å². The lowest BCUT2D eigenvalue weighted by Crippen LogP contribution is -2.46. The summed E-state index contributed by atoms with van der Waals surface area (Å²) in [5, 5.41) is 9.26. The summed E-state index contributed by atoms with van der Waals surface area (Å²) in [4.78, 5) is 25.9. The van der Waals surface area contributed by atoms with Gasteiger partial charge in [-0.1, -0.05) is 58.4 Å². The monoisotopic (exact) mass is 501 g/mol. The molecule has 0 radical (unpaired) electrons. The molecule has 1 heterocycles. The molecule has 1 amide bonds. The van der Waals surface area contributed by atoms with Crippen molar-refractivity contribution in [3.05, 3.63) is 70.2 Å². The fourth-order valence-corrected chi connectivity index (χ4v) is 5.60. The largest absolute Gasteiger partial charge is 0.480 e. The number of nitrogens with zero attached hydrogens (tertiary/aromatic N) is 1. The van der Waals surface area contributed by atoms with E-state index in [-0.39, 0.29) is 24.7 Å². The van der Waals surface area contributed by atoms with Crippen LogP contribution in [-0.4, -0.2) is 41.8 Å². The van der Waals surface area contributed by atoms with Crippen molar-refractivity contribution in [3.63, 3.8) is 0 Å². The van der Waals surface area contributed by atoms with E-state index in [0.717, 1.165) is 41.3 Å². The van der Waals surface area contributed by atoms with Crippen molar-refractivity contribution in [1.29, 1.82) is 0 Å². The molecule has 170 valence electrons. The van der Waals surface area contributed by atoms with Gasteiger partial charge in [0.1, 0.15) is 13.2 Å². The second-order valence-corrected chi connectivity index (χ2v) is 9.84. The summed E-state index contributed by atoms with van der Waals surface area (Å²) >= 11 is 3.52. The molecule has 2 aliphatic rings. The van der Waals surface area contributed by atoms with Crippen LogP contribution in [0.25, 0.3) is 0 Å². The second kappa shape index (κ2) is 9.63. The number of ether oxygens (including phenoxy) is 2. The smallest absolute Gasteiger partial charge is 0.410 e. The number of halogens is 1. The molecule has 32 heavy (non-hydrogen) atoms. The van der Waals surface area contributed by atoms with Crippen LogP contribution in [-0.2, 0) is 26.5 Å². The maximum absolute atomic E-state index is 12.8. The van der Waals surface area contributed by atoms with E-state index in [1.165, 1.54) is 0 Å². The number of aliphatic carboxylic acids is 1. The van der Waals surface area contributed by atoms with E-state index < -0.39 is 11.6 Å². The molecule has 0 aromatic heterocycles. The molecule has 7 heteroatoms. The third-order valence-corrected chi connectivity index (χ3v) is 7.16. The van der Waals surface area contributed by atoms with E-state index in [2.05, 4.69) is 15.9 Å². The van der Waals surface area contributed by atoms with Crippen molar-refractivity contribution in [2.24, 2.45) is 5.41 Å². The summed E-state index contributed by atoms with van der Waals surface area (Å²) in [6, 6.07) is 17.6. The summed E-state index contributed by atoms with van der Waals surface area (Å²) in [5.41, 5.74) is 1.17. The molecule has 1 aliphatic carbocycles. The van der Waals surface area contributed by atoms with Gasteiger partial charge in [0.25, 0.3) is 0 Å². The SMILES string of the molecule is O=C(O)COC1(c2cccc(Br)c2)CCC2(CCCN(C(=O)OCc3ccccc3)C2)C1. The van der Waals surface area contributed by atoms with Crippen LogP contribution in [0.15, 0.2) is 59.1 Å². The maximum atomic E-state index is 12.8. The summed E-state index contributed by atoms with van der Waals surface area (Å²) in [5.74, 6) is -0.977. The van der Waals surface area contributed by atoms with Crippen LogP contribution >= 0.6 is 15.9 Å². The fraction of sp³-hybridized carbons (Fsp3) is 0.440. The van der Waals surface area contributed by atoms with Gasteiger partial charge in [-0.25, -0.2) is 9.59 Å². The number of carboxylic acid groups (broad SMARTS) is 1. The predicted molar refractivity (Wildman–Crippen MR) is 123 cm³/mol. The van der Waals surface area contributed by atoms with Crippen LogP contribution in [0.3, 0.4) is 0 Å². The minimum Gasteiger partial charge on any atom is -0.480 e. The highest BCUT2D eigenvalue weighted by Crippen LogP contribution is 2.55. The highest BCUT2D eigenvalue weighted by molar-refractivity contribution is 9.10. The van der Waals surface area contributed by atoms with Crippen LogP contribution in [0.2, 0.25) is 0 Å². The van der Waals surface area contributed by atoms with Crippen LogP contribution in [0.1, 0.15) is 43.2 Å². The van der Waals surface area contributed by atoms with Crippen LogP contribution < -0.4 is 0 Å². The van der Waals surface area contributed by atoms with Gasteiger partial charge in [-0.05, 0) is 60.8 Å². The molecule has 2 aromatic rings. The number of carbonyl (C=O) groups is 2. The predicted octanol–water partition coefficient (Wildman–Crippen LogP) is 5.35. The number of rotatable bonds is 6. The molecule has 1 saturated heterocycles. The highest BCUT2D eigenvalue weighted by atomic mass is 79.9. The number of benzene rings is 2. The van der Waals surface area contributed by atoms with Crippen molar-refractivity contribution in [2.75, 3.05) is 19.7 Å². The van der Waals surface area contributed by atoms with Gasteiger partial charge in [0.05, 0.1) is 5.60 Å². The highest BCUT2D eigenvalue weighted by Gasteiger charge is 2.52. The average Bonchev–Trinajstić information content (AvgIpc) is 3.15. The van der Waals surface area contributed by atoms with Gasteiger partial charge in [-0.2, -0.15) is 0 Å². The minimum atomic E-state index is -0.977. The molecule has 1 saturated carbocycles. The van der Waals surface area contributed by atoms with Crippen molar-refractivity contribution >= 4 is 28.0 Å². The third kappa shape index (κ3) is 5.15. The fourth-order valence-electron chi connectivity index (χ4n) is 5.20. The average molecular weight is 502 g/mol. The Labute approximate surface area is 196 Å². The zero-order chi connectivity index (χ0) is 22.6. The Balaban J connectivity index is 1.48. The number of amides is 1. The van der Waals surface area contributed by atoms with Crippen molar-refractivity contribution in [2.45, 2.75) is 44.3 Å². The van der Waals surface area contributed by atoms with E-state index in [9.17, 15) is 14.7 Å². The number of hydrogen-bond donors (Lipinski definition) is 1. The van der Waals surface area contributed by atoms with Gasteiger partial charge >= 0.3 is 12.1 Å². The molecule has 1 spiro atoms. The van der Waals surface area contributed by atoms with Crippen molar-refractivity contribution < 1.29 is 24.2 Å². The van der Waals surface area contributed by atoms with Gasteiger partial charge in [-0.15, -0.1) is 0 Å². The first-order valence-corrected chi connectivity index (χ1v) is 11.8. The number of piperidine rings is 1. The standard InChI is InChI=1S/C25H28BrNO5/c26-21-9-4-8-20(14-21)25(32-16-22(28)29)12-11-24(17-25)10-5-13-27(18-24)23(30)31-15-19-6-2-1-3-7-19/h1-4,6-9,14H,5,10-13,15-18H2,(H,28,29). The first-order valence-electron chi connectivity index (χ1n) is 11.0. The Morgan fingerprint density at radius 2 is 1.88 bits per heavy atom. The molecular weight excluding hydrogens is 474 g/mol. The van der Waals surface area contributed by atoms with Gasteiger partial charge in [0.2, 0.25) is 0 Å². The number of carboxylic acids is 1. The normalized spacial score (nSPS) is 25.1. The van der Waals surface area contributed by atoms with Gasteiger partial charge < -0.3 is 19.5 Å². The molecule has 2 aromatic carbocycles. The van der Waals surface area contributed by atoms with E-state index in [1.807, 2.05) is 54.6 Å². The first-order chi connectivity index (χ1) is 15.4. The lowest BCUT2D eigenvalue weighted by molar-refractivity contribution is -0.151. The number of carbonyl (C=O) groups excluding carboxylic acids is 1. The Bertz CT molecular complexity index is 968. The Kier molecular flexibility index (Phi) is 6.86. The molecule has 2 fully saturated rings. The molecular formula is C25H28BrNO5. The van der Waals surface area contributed by atoms with Crippen LogP contribution in [0, 0.1) is 5.41 Å². The molecule has 2 unspecified atom stereocenters. The topological polar surface area (TPSA) is 76.1 Å². The first kappa shape index (κ1) is 22.8. The lowest BCUT2D eigenvalue weighted by Gasteiger charge is -2.41. The van der Waals surface area contributed by atoms with Gasteiger partial charge in [0.15, 0.2) is 0 Å². The van der Waals surface area contributed by atoms with E-state index in [4.69, 9.17) is 9.47 Å². The summed E-state index contributed by atoms with van der Waals surface area (Å²) in [6.07, 6.45) is 3.88. The summed E-state index contributed by atoms with van der Waals surface area (Å²) < 4.78 is 12.6. The molecule has 6 nitrogen and oxygen atoms in total. The zero-order valence-electron chi connectivity index (χ0n) is 18.0. The summed E-state index contributed by atoms with van der Waals surface area (Å²) in [7, 11) is 0. The van der Waals surface area contributed by atoms with Crippen LogP contribution in [0.5, 0.6) is 0 Å². The second-order valence-electron chi connectivity index (χ2n) is 8.93. The number of likely N-dealkylation sites (tertiary alicyclic amines) is 1. The third-order valence-electron chi connectivity index (χ3n) is 6.67. The van der Waals surface area contributed by atoms with Crippen molar-refractivity contribution in [1.82, 2.24) is 4.90 Å². The summed E-state index contributed by atoms with van der Waals surface area (Å²) in [6.45, 7) is 1.19.